The molecule has 3 aliphatic rings. The molecule has 0 saturated carbocycles. The van der Waals surface area contributed by atoms with Crippen LogP contribution in [-0.2, 0) is 16.2 Å². The first-order valence-corrected chi connectivity index (χ1v) is 20.6. The van der Waals surface area contributed by atoms with Crippen molar-refractivity contribution in [3.63, 3.8) is 0 Å². The Bertz CT molecular complexity index is 3280. The molecule has 0 bridgehead atoms. The molecule has 9 aromatic rings. The maximum Gasteiger partial charge on any atom is 0.143 e. The van der Waals surface area contributed by atoms with Gasteiger partial charge in [0.1, 0.15) is 22.3 Å². The predicted octanol–water partition coefficient (Wildman–Crippen LogP) is 15.0. The van der Waals surface area contributed by atoms with Crippen LogP contribution < -0.4 is 4.90 Å². The van der Waals surface area contributed by atoms with E-state index in [1.165, 1.54) is 71.9 Å². The molecule has 1 unspecified atom stereocenters. The molecule has 2 aromatic heterocycles. The van der Waals surface area contributed by atoms with Gasteiger partial charge < -0.3 is 13.7 Å². The molecule has 0 saturated heterocycles. The average molecular weight is 750 g/mol. The van der Waals surface area contributed by atoms with E-state index in [1.807, 2.05) is 0 Å². The number of para-hydroxylation sites is 2. The number of hydrogen-bond acceptors (Lipinski definition) is 3. The van der Waals surface area contributed by atoms with E-state index in [2.05, 4.69) is 197 Å². The van der Waals surface area contributed by atoms with Crippen molar-refractivity contribution >= 4 is 55.3 Å². The van der Waals surface area contributed by atoms with Gasteiger partial charge in [-0.2, -0.15) is 0 Å². The number of fused-ring (bicyclic) bond motifs is 14. The van der Waals surface area contributed by atoms with E-state index in [1.54, 1.807) is 0 Å². The Labute approximate surface area is 338 Å². The highest BCUT2D eigenvalue weighted by Gasteiger charge is 2.41. The van der Waals surface area contributed by atoms with Crippen molar-refractivity contribution in [1.82, 2.24) is 0 Å². The molecule has 0 N–H and O–H groups in total. The zero-order chi connectivity index (χ0) is 39.1. The molecule has 280 valence electrons. The van der Waals surface area contributed by atoms with Gasteiger partial charge in [-0.05, 0) is 99.5 Å². The minimum Gasteiger partial charge on any atom is -0.456 e. The first-order valence-electron chi connectivity index (χ1n) is 20.6. The monoisotopic (exact) mass is 749 g/mol. The van der Waals surface area contributed by atoms with E-state index in [0.717, 1.165) is 45.5 Å². The molecule has 0 amide bonds. The number of allylic oxidation sites excluding steroid dienone is 3. The van der Waals surface area contributed by atoms with Gasteiger partial charge in [0.2, 0.25) is 0 Å². The largest absolute Gasteiger partial charge is 0.456 e. The van der Waals surface area contributed by atoms with Crippen molar-refractivity contribution in [2.75, 3.05) is 4.90 Å². The fourth-order valence-electron chi connectivity index (χ4n) is 10.7. The maximum atomic E-state index is 6.64. The van der Waals surface area contributed by atoms with Gasteiger partial charge in [0.25, 0.3) is 0 Å². The summed E-state index contributed by atoms with van der Waals surface area (Å²) < 4.78 is 13.0. The van der Waals surface area contributed by atoms with Gasteiger partial charge >= 0.3 is 0 Å². The molecule has 0 spiro atoms. The van der Waals surface area contributed by atoms with Crippen LogP contribution in [0.3, 0.4) is 0 Å². The molecular formula is C55H43NO2. The van der Waals surface area contributed by atoms with Crippen LogP contribution in [-0.4, -0.2) is 0 Å². The Morgan fingerprint density at radius 2 is 1.17 bits per heavy atom. The third kappa shape index (κ3) is 4.45. The second-order valence-electron chi connectivity index (χ2n) is 17.9. The fourth-order valence-corrected chi connectivity index (χ4v) is 10.7. The summed E-state index contributed by atoms with van der Waals surface area (Å²) in [5, 5.41) is 4.74. The number of benzene rings is 7. The highest BCUT2D eigenvalue weighted by atomic mass is 16.3. The normalized spacial score (nSPS) is 18.4. The summed E-state index contributed by atoms with van der Waals surface area (Å²) in [4.78, 5) is 2.49. The molecule has 3 heteroatoms. The fraction of sp³-hybridized carbons (Fsp3) is 0.164. The van der Waals surface area contributed by atoms with Crippen LogP contribution >= 0.6 is 0 Å². The number of anilines is 2. The van der Waals surface area contributed by atoms with Crippen molar-refractivity contribution in [3.8, 4) is 22.3 Å². The zero-order valence-corrected chi connectivity index (χ0v) is 33.5. The predicted molar refractivity (Wildman–Crippen MR) is 240 cm³/mol. The molecular weight excluding hydrogens is 707 g/mol. The summed E-state index contributed by atoms with van der Waals surface area (Å²) in [5.74, 6) is 0. The zero-order valence-electron chi connectivity index (χ0n) is 33.5. The quantitative estimate of drug-likeness (QED) is 0.179. The van der Waals surface area contributed by atoms with Crippen molar-refractivity contribution < 1.29 is 8.83 Å². The van der Waals surface area contributed by atoms with Crippen molar-refractivity contribution in [2.45, 2.75) is 57.3 Å². The summed E-state index contributed by atoms with van der Waals surface area (Å²) in [5.41, 5.74) is 18.4. The minimum absolute atomic E-state index is 0.0870. The Morgan fingerprint density at radius 3 is 1.91 bits per heavy atom. The first-order chi connectivity index (χ1) is 28.1. The van der Waals surface area contributed by atoms with E-state index in [-0.39, 0.29) is 16.2 Å². The summed E-state index contributed by atoms with van der Waals surface area (Å²) in [7, 11) is 0. The Kier molecular flexibility index (Phi) is 6.66. The van der Waals surface area contributed by atoms with Crippen LogP contribution in [0.5, 0.6) is 0 Å². The molecule has 7 aromatic carbocycles. The lowest BCUT2D eigenvalue weighted by Crippen LogP contribution is -2.25. The molecule has 12 rings (SSSR count). The van der Waals surface area contributed by atoms with Crippen LogP contribution in [0, 0.1) is 0 Å². The van der Waals surface area contributed by atoms with Crippen LogP contribution in [0.15, 0.2) is 172 Å². The smallest absolute Gasteiger partial charge is 0.143 e. The third-order valence-corrected chi connectivity index (χ3v) is 13.9. The molecule has 0 fully saturated rings. The van der Waals surface area contributed by atoms with E-state index in [9.17, 15) is 0 Å². The van der Waals surface area contributed by atoms with Crippen molar-refractivity contribution in [3.05, 3.63) is 191 Å². The number of rotatable bonds is 4. The van der Waals surface area contributed by atoms with Gasteiger partial charge in [0.05, 0.1) is 0 Å². The molecule has 2 heterocycles. The molecule has 1 atom stereocenters. The second-order valence-corrected chi connectivity index (χ2v) is 17.9. The summed E-state index contributed by atoms with van der Waals surface area (Å²) in [6, 6.07) is 51.0. The Hall–Kier alpha value is -6.58. The van der Waals surface area contributed by atoms with Gasteiger partial charge in [-0.15, -0.1) is 0 Å². The Balaban J connectivity index is 1.03. The van der Waals surface area contributed by atoms with Crippen LogP contribution in [0.2, 0.25) is 0 Å². The molecule has 3 aliphatic carbocycles. The first kappa shape index (κ1) is 33.5. The SMILES string of the molecule is CC1(c2ccccc2)C=CC(N(c2ccc3c(c2)C(C)(C)c2ccc4c(oc5ccccc54)c2-3)c2ccc3c(c2)C(C)(C)c2c-3ccc3oc4ccccc4c23)=CC1. The van der Waals surface area contributed by atoms with E-state index in [4.69, 9.17) is 8.83 Å². The van der Waals surface area contributed by atoms with E-state index in [0.29, 0.717) is 0 Å². The van der Waals surface area contributed by atoms with Gasteiger partial charge in [0.15, 0.2) is 0 Å². The number of nitrogens with zero attached hydrogens (tertiary/aromatic N) is 1. The standard InChI is InChI=1S/C55H43NO2/c1-53(2)43-25-23-40-38-15-9-11-17-46(38)58-52(40)49(43)41-22-20-36(32-45(41)53)56(34-27-29-55(5,30-28-34)33-13-7-6-8-14-33)35-19-21-37-39-24-26-48-50(42-16-10-12-18-47(42)57-48)51(39)54(3,4)44(37)31-35/h6-29,31-32H,30H2,1-5H3. The highest BCUT2D eigenvalue weighted by molar-refractivity contribution is 6.13. The third-order valence-electron chi connectivity index (χ3n) is 13.9. The van der Waals surface area contributed by atoms with Gasteiger partial charge in [0, 0.05) is 60.4 Å². The lowest BCUT2D eigenvalue weighted by Gasteiger charge is -2.34. The van der Waals surface area contributed by atoms with Gasteiger partial charge in [-0.3, -0.25) is 0 Å². The molecule has 3 nitrogen and oxygen atoms in total. The van der Waals surface area contributed by atoms with Gasteiger partial charge in [-0.25, -0.2) is 0 Å². The highest BCUT2D eigenvalue weighted by Crippen LogP contribution is 2.56. The van der Waals surface area contributed by atoms with Gasteiger partial charge in [-0.1, -0.05) is 144 Å². The van der Waals surface area contributed by atoms with Crippen molar-refractivity contribution in [1.29, 1.82) is 0 Å². The van der Waals surface area contributed by atoms with Crippen LogP contribution in [0.1, 0.15) is 68.9 Å². The number of furan rings is 2. The average Bonchev–Trinajstić information content (AvgIpc) is 3.94. The lowest BCUT2D eigenvalue weighted by molar-refractivity contribution is 0.595. The number of hydrogen-bond donors (Lipinski definition) is 0. The van der Waals surface area contributed by atoms with Crippen LogP contribution in [0.25, 0.3) is 66.1 Å². The maximum absolute atomic E-state index is 6.64. The molecule has 0 aliphatic heterocycles. The van der Waals surface area contributed by atoms with Crippen molar-refractivity contribution in [2.24, 2.45) is 0 Å². The molecule has 0 radical (unpaired) electrons. The second kappa shape index (κ2) is 11.5. The van der Waals surface area contributed by atoms with E-state index >= 15 is 0 Å². The molecule has 58 heavy (non-hydrogen) atoms. The summed E-state index contributed by atoms with van der Waals surface area (Å²) >= 11 is 0. The summed E-state index contributed by atoms with van der Waals surface area (Å²) in [6.45, 7) is 11.8. The lowest BCUT2D eigenvalue weighted by atomic mass is 9.76. The Morgan fingerprint density at radius 1 is 0.517 bits per heavy atom. The van der Waals surface area contributed by atoms with Crippen LogP contribution in [0.4, 0.5) is 11.4 Å². The topological polar surface area (TPSA) is 29.5 Å². The summed E-state index contributed by atoms with van der Waals surface area (Å²) in [6.07, 6.45) is 8.09. The minimum atomic E-state index is -0.249. The van der Waals surface area contributed by atoms with E-state index < -0.39 is 0 Å².